The largest absolute Gasteiger partial charge is 0.469 e. The molecule has 1 saturated heterocycles. The van der Waals surface area contributed by atoms with Crippen molar-refractivity contribution in [2.24, 2.45) is 5.92 Å². The predicted molar refractivity (Wildman–Crippen MR) is 138 cm³/mol. The minimum absolute atomic E-state index is 0.0927. The highest BCUT2D eigenvalue weighted by molar-refractivity contribution is 6.37. The number of aliphatic hydroxyl groups excluding tert-OH is 1. The zero-order chi connectivity index (χ0) is 27.9. The maximum atomic E-state index is 13.3. The Kier molecular flexibility index (Phi) is 7.97. The molecule has 1 aliphatic rings. The van der Waals surface area contributed by atoms with Gasteiger partial charge in [-0.25, -0.2) is 9.50 Å². The number of esters is 1. The standard InChI is InChI=1S/C26H27Cl2F3N4O3/c1-13-11-19(26(29,30)31)33-35-15(3)23(32-25(13)35)24(37)21-18(27)6-5-17(22(21)28)14(2)34-9-7-16(8-10-34)12-20(36)38-4/h5-6,11,16,24,37H,2,7-10,12H2,1,3-4H3. The number of aromatic nitrogens is 3. The third kappa shape index (κ3) is 5.34. The Morgan fingerprint density at radius 3 is 2.53 bits per heavy atom. The smallest absolute Gasteiger partial charge is 0.435 e. The summed E-state index contributed by atoms with van der Waals surface area (Å²) >= 11 is 13.2. The molecule has 1 aromatic carbocycles. The Bertz CT molecular complexity index is 1400. The molecule has 0 radical (unpaired) electrons. The van der Waals surface area contributed by atoms with E-state index >= 15 is 0 Å². The van der Waals surface area contributed by atoms with E-state index in [1.54, 1.807) is 12.1 Å². The van der Waals surface area contributed by atoms with Crippen molar-refractivity contribution in [1.82, 2.24) is 19.5 Å². The maximum absolute atomic E-state index is 13.3. The first-order valence-electron chi connectivity index (χ1n) is 11.9. The van der Waals surface area contributed by atoms with Crippen molar-refractivity contribution in [3.05, 3.63) is 68.6 Å². The van der Waals surface area contributed by atoms with Crippen LogP contribution in [0, 0.1) is 19.8 Å². The molecule has 0 amide bonds. The van der Waals surface area contributed by atoms with Crippen molar-refractivity contribution in [2.45, 2.75) is 45.4 Å². The lowest BCUT2D eigenvalue weighted by atomic mass is 9.92. The summed E-state index contributed by atoms with van der Waals surface area (Å²) in [6.45, 7) is 8.54. The Balaban J connectivity index is 1.65. The monoisotopic (exact) mass is 570 g/mol. The lowest BCUT2D eigenvalue weighted by Crippen LogP contribution is -2.33. The van der Waals surface area contributed by atoms with Crippen molar-refractivity contribution >= 4 is 40.5 Å². The zero-order valence-corrected chi connectivity index (χ0v) is 22.6. The fourth-order valence-electron chi connectivity index (χ4n) is 4.77. The van der Waals surface area contributed by atoms with Crippen LogP contribution >= 0.6 is 23.2 Å². The van der Waals surface area contributed by atoms with Gasteiger partial charge >= 0.3 is 12.1 Å². The number of nitrogens with zero attached hydrogens (tertiary/aromatic N) is 4. The third-order valence-corrected chi connectivity index (χ3v) is 7.71. The Morgan fingerprint density at radius 2 is 1.92 bits per heavy atom. The molecular formula is C26H27Cl2F3N4O3. The number of carbonyl (C=O) groups is 1. The quantitative estimate of drug-likeness (QED) is 0.366. The average molecular weight is 571 g/mol. The van der Waals surface area contributed by atoms with Crippen molar-refractivity contribution < 1.29 is 27.8 Å². The van der Waals surface area contributed by atoms with E-state index in [0.717, 1.165) is 23.4 Å². The summed E-state index contributed by atoms with van der Waals surface area (Å²) in [6, 6.07) is 4.21. The van der Waals surface area contributed by atoms with Gasteiger partial charge < -0.3 is 14.7 Å². The molecule has 38 heavy (non-hydrogen) atoms. The van der Waals surface area contributed by atoms with E-state index in [2.05, 4.69) is 21.6 Å². The summed E-state index contributed by atoms with van der Waals surface area (Å²) in [5, 5.41) is 15.4. The fourth-order valence-corrected chi connectivity index (χ4v) is 5.45. The molecule has 0 aliphatic carbocycles. The molecule has 1 unspecified atom stereocenters. The number of hydrogen-bond acceptors (Lipinski definition) is 6. The lowest BCUT2D eigenvalue weighted by molar-refractivity contribution is -0.142. The second-order valence-corrected chi connectivity index (χ2v) is 10.2. The summed E-state index contributed by atoms with van der Waals surface area (Å²) in [4.78, 5) is 18.1. The van der Waals surface area contributed by atoms with Crippen LogP contribution in [-0.2, 0) is 15.7 Å². The number of alkyl halides is 3. The van der Waals surface area contributed by atoms with Crippen LogP contribution in [0.25, 0.3) is 11.3 Å². The summed E-state index contributed by atoms with van der Waals surface area (Å²) in [6.07, 6.45) is -4.14. The summed E-state index contributed by atoms with van der Waals surface area (Å²) in [5.74, 6) is -0.0126. The van der Waals surface area contributed by atoms with E-state index < -0.39 is 18.0 Å². The number of hydrogen-bond donors (Lipinski definition) is 1. The number of benzene rings is 1. The van der Waals surface area contributed by atoms with Crippen molar-refractivity contribution in [2.75, 3.05) is 20.2 Å². The number of methoxy groups -OCH3 is 1. The van der Waals surface area contributed by atoms with E-state index in [1.807, 2.05) is 0 Å². The Labute approximate surface area is 227 Å². The van der Waals surface area contributed by atoms with Gasteiger partial charge in [-0.05, 0) is 56.4 Å². The van der Waals surface area contributed by atoms with E-state index in [9.17, 15) is 23.1 Å². The molecule has 4 rings (SSSR count). The van der Waals surface area contributed by atoms with Crippen molar-refractivity contribution in [3.8, 4) is 0 Å². The van der Waals surface area contributed by atoms with Crippen LogP contribution in [0.5, 0.6) is 0 Å². The molecule has 204 valence electrons. The number of likely N-dealkylation sites (tertiary alicyclic amines) is 1. The van der Waals surface area contributed by atoms with Crippen LogP contribution in [0.1, 0.15) is 59.1 Å². The van der Waals surface area contributed by atoms with E-state index in [4.69, 9.17) is 27.9 Å². The number of aliphatic hydroxyl groups is 1. The Morgan fingerprint density at radius 1 is 1.26 bits per heavy atom. The molecule has 1 aliphatic heterocycles. The minimum atomic E-state index is -4.64. The number of rotatable bonds is 6. The zero-order valence-electron chi connectivity index (χ0n) is 21.1. The van der Waals surface area contributed by atoms with Crippen LogP contribution < -0.4 is 0 Å². The molecular weight excluding hydrogens is 544 g/mol. The second kappa shape index (κ2) is 10.7. The topological polar surface area (TPSA) is 80.0 Å². The first-order chi connectivity index (χ1) is 17.8. The first kappa shape index (κ1) is 28.2. The number of fused-ring (bicyclic) bond motifs is 1. The van der Waals surface area contributed by atoms with Crippen LogP contribution in [0.4, 0.5) is 13.2 Å². The number of imidazole rings is 1. The molecule has 12 heteroatoms. The van der Waals surface area contributed by atoms with Gasteiger partial charge in [-0.2, -0.15) is 18.3 Å². The SMILES string of the molecule is C=C(c1ccc(Cl)c(C(O)c2nc3c(C)cc(C(F)(F)F)nn3c2C)c1Cl)N1CCC(CC(=O)OC)CC1. The van der Waals surface area contributed by atoms with Crippen LogP contribution in [0.3, 0.4) is 0 Å². The molecule has 0 bridgehead atoms. The van der Waals surface area contributed by atoms with Gasteiger partial charge in [-0.3, -0.25) is 4.79 Å². The van der Waals surface area contributed by atoms with E-state index in [1.165, 1.54) is 21.0 Å². The van der Waals surface area contributed by atoms with E-state index in [-0.39, 0.29) is 50.1 Å². The number of piperidine rings is 1. The molecule has 7 nitrogen and oxygen atoms in total. The van der Waals surface area contributed by atoms with Gasteiger partial charge in [0, 0.05) is 41.4 Å². The predicted octanol–water partition coefficient (Wildman–Crippen LogP) is 6.00. The first-order valence-corrected chi connectivity index (χ1v) is 12.7. The molecule has 1 atom stereocenters. The van der Waals surface area contributed by atoms with Crippen molar-refractivity contribution in [1.29, 1.82) is 0 Å². The Hall–Kier alpha value is -2.82. The highest BCUT2D eigenvalue weighted by Crippen LogP contribution is 2.40. The fraction of sp³-hybridized carbons (Fsp3) is 0.423. The molecule has 1 fully saturated rings. The second-order valence-electron chi connectivity index (χ2n) is 9.41. The van der Waals surface area contributed by atoms with Gasteiger partial charge in [0.15, 0.2) is 11.3 Å². The molecule has 2 aromatic heterocycles. The highest BCUT2D eigenvalue weighted by atomic mass is 35.5. The average Bonchev–Trinajstić information content (AvgIpc) is 3.20. The van der Waals surface area contributed by atoms with Crippen LogP contribution in [0.2, 0.25) is 10.0 Å². The van der Waals surface area contributed by atoms with Crippen LogP contribution in [0.15, 0.2) is 24.8 Å². The maximum Gasteiger partial charge on any atom is 0.435 e. The number of halogens is 5. The minimum Gasteiger partial charge on any atom is -0.469 e. The molecule has 0 saturated carbocycles. The van der Waals surface area contributed by atoms with Crippen molar-refractivity contribution in [3.63, 3.8) is 0 Å². The molecule has 3 aromatic rings. The number of aryl methyl sites for hydroxylation is 2. The van der Waals surface area contributed by atoms with Gasteiger partial charge in [0.1, 0.15) is 6.10 Å². The van der Waals surface area contributed by atoms with E-state index in [0.29, 0.717) is 30.8 Å². The number of ether oxygens (including phenoxy) is 1. The molecule has 1 N–H and O–H groups in total. The summed E-state index contributed by atoms with van der Waals surface area (Å²) < 4.78 is 45.8. The molecule has 3 heterocycles. The van der Waals surface area contributed by atoms with Crippen LogP contribution in [-0.4, -0.2) is 50.8 Å². The lowest BCUT2D eigenvalue weighted by Gasteiger charge is -2.35. The highest BCUT2D eigenvalue weighted by Gasteiger charge is 2.35. The van der Waals surface area contributed by atoms with Gasteiger partial charge in [-0.1, -0.05) is 29.8 Å². The summed E-state index contributed by atoms with van der Waals surface area (Å²) in [5.41, 5.74) is 1.07. The third-order valence-electron chi connectivity index (χ3n) is 6.97. The molecule has 0 spiro atoms. The number of carbonyl (C=O) groups excluding carboxylic acids is 1. The summed E-state index contributed by atoms with van der Waals surface area (Å²) in [7, 11) is 1.37. The van der Waals surface area contributed by atoms with Gasteiger partial charge in [0.05, 0.1) is 23.5 Å². The van der Waals surface area contributed by atoms with Gasteiger partial charge in [0.2, 0.25) is 0 Å². The van der Waals surface area contributed by atoms with Gasteiger partial charge in [0.25, 0.3) is 0 Å². The normalized spacial score (nSPS) is 15.7. The van der Waals surface area contributed by atoms with Gasteiger partial charge in [-0.15, -0.1) is 0 Å².